The van der Waals surface area contributed by atoms with E-state index in [-0.39, 0.29) is 11.9 Å². The second-order valence-corrected chi connectivity index (χ2v) is 7.95. The smallest absolute Gasteiger partial charge is 0.341 e. The molecule has 1 N–H and O–H groups in total. The van der Waals surface area contributed by atoms with E-state index in [1.807, 2.05) is 24.3 Å². The maximum absolute atomic E-state index is 12.8. The normalized spacial score (nSPS) is 14.1. The Bertz CT molecular complexity index is 858. The molecule has 1 aliphatic rings. The highest BCUT2D eigenvalue weighted by atomic mass is 32.1. The summed E-state index contributed by atoms with van der Waals surface area (Å²) >= 11 is 1.49. The van der Waals surface area contributed by atoms with E-state index in [9.17, 15) is 9.59 Å². The highest BCUT2D eigenvalue weighted by molar-refractivity contribution is 7.17. The van der Waals surface area contributed by atoms with Crippen LogP contribution in [0.1, 0.15) is 60.0 Å². The summed E-state index contributed by atoms with van der Waals surface area (Å²) in [6.07, 6.45) is 4.11. The number of anilines is 1. The Kier molecular flexibility index (Phi) is 6.73. The lowest BCUT2D eigenvalue weighted by Gasteiger charge is -2.17. The molecular weight excluding hydrogens is 374 g/mol. The van der Waals surface area contributed by atoms with Gasteiger partial charge in [-0.25, -0.2) is 4.79 Å². The first-order chi connectivity index (χ1) is 13.5. The van der Waals surface area contributed by atoms with Crippen molar-refractivity contribution in [1.29, 1.82) is 0 Å². The topological polar surface area (TPSA) is 64.6 Å². The Morgan fingerprint density at radius 3 is 2.68 bits per heavy atom. The number of esters is 1. The Balaban J connectivity index is 1.79. The van der Waals surface area contributed by atoms with Crippen molar-refractivity contribution in [3.05, 3.63) is 45.8 Å². The number of amides is 1. The summed E-state index contributed by atoms with van der Waals surface area (Å²) in [6.45, 7) is 5.87. The van der Waals surface area contributed by atoms with Crippen LogP contribution in [0.15, 0.2) is 24.3 Å². The van der Waals surface area contributed by atoms with Crippen molar-refractivity contribution in [2.24, 2.45) is 0 Å². The van der Waals surface area contributed by atoms with Gasteiger partial charge in [-0.3, -0.25) is 4.79 Å². The van der Waals surface area contributed by atoms with Gasteiger partial charge in [0.05, 0.1) is 12.2 Å². The van der Waals surface area contributed by atoms with Crippen molar-refractivity contribution < 1.29 is 19.1 Å². The van der Waals surface area contributed by atoms with Crippen molar-refractivity contribution >= 4 is 28.2 Å². The van der Waals surface area contributed by atoms with E-state index in [2.05, 4.69) is 12.2 Å². The van der Waals surface area contributed by atoms with Gasteiger partial charge < -0.3 is 14.8 Å². The Labute approximate surface area is 170 Å². The molecule has 2 aromatic rings. The van der Waals surface area contributed by atoms with E-state index in [0.29, 0.717) is 22.9 Å². The fourth-order valence-electron chi connectivity index (χ4n) is 3.44. The molecule has 1 aromatic carbocycles. The van der Waals surface area contributed by atoms with Crippen molar-refractivity contribution in [2.45, 2.75) is 59.0 Å². The molecule has 0 radical (unpaired) electrons. The number of rotatable bonds is 7. The van der Waals surface area contributed by atoms with Gasteiger partial charge in [0.2, 0.25) is 0 Å². The van der Waals surface area contributed by atoms with Crippen molar-refractivity contribution in [2.75, 3.05) is 11.9 Å². The van der Waals surface area contributed by atoms with Crippen LogP contribution in [0.4, 0.5) is 5.00 Å². The Morgan fingerprint density at radius 1 is 1.18 bits per heavy atom. The number of hydrogen-bond donors (Lipinski definition) is 1. The minimum atomic E-state index is -0.679. The summed E-state index contributed by atoms with van der Waals surface area (Å²) in [7, 11) is 0. The largest absolute Gasteiger partial charge is 0.481 e. The molecule has 1 aliphatic carbocycles. The second kappa shape index (κ2) is 9.24. The van der Waals surface area contributed by atoms with Crippen LogP contribution in [-0.4, -0.2) is 24.6 Å². The molecule has 28 heavy (non-hydrogen) atoms. The van der Waals surface area contributed by atoms with Crippen LogP contribution >= 0.6 is 11.3 Å². The molecule has 0 saturated carbocycles. The first-order valence-corrected chi connectivity index (χ1v) is 10.7. The molecule has 5 nitrogen and oxygen atoms in total. The average molecular weight is 402 g/mol. The van der Waals surface area contributed by atoms with Crippen LogP contribution in [0, 0.1) is 0 Å². The van der Waals surface area contributed by atoms with Gasteiger partial charge in [0.25, 0.3) is 5.91 Å². The van der Waals surface area contributed by atoms with Crippen LogP contribution in [0.2, 0.25) is 0 Å². The second-order valence-electron chi connectivity index (χ2n) is 6.85. The third-order valence-corrected chi connectivity index (χ3v) is 6.12. The molecule has 0 fully saturated rings. The van der Waals surface area contributed by atoms with Gasteiger partial charge in [-0.2, -0.15) is 0 Å². The zero-order chi connectivity index (χ0) is 20.1. The van der Waals surface area contributed by atoms with Gasteiger partial charge >= 0.3 is 5.97 Å². The number of fused-ring (bicyclic) bond motifs is 1. The summed E-state index contributed by atoms with van der Waals surface area (Å²) in [5, 5.41) is 3.50. The molecule has 1 heterocycles. The van der Waals surface area contributed by atoms with E-state index < -0.39 is 6.10 Å². The number of carbonyl (C=O) groups is 2. The molecule has 3 rings (SSSR count). The van der Waals surface area contributed by atoms with E-state index in [1.165, 1.54) is 16.2 Å². The summed E-state index contributed by atoms with van der Waals surface area (Å²) < 4.78 is 11.1. The predicted octanol–water partition coefficient (Wildman–Crippen LogP) is 4.77. The summed E-state index contributed by atoms with van der Waals surface area (Å²) in [6, 6.07) is 7.71. The number of thiophene rings is 1. The monoisotopic (exact) mass is 401 g/mol. The number of para-hydroxylation sites is 1. The predicted molar refractivity (Wildman–Crippen MR) is 111 cm³/mol. The molecule has 0 spiro atoms. The molecular formula is C22H27NO4S. The SMILES string of the molecule is CCOC(=O)c1c(NC(=O)C(C)Oc2ccccc2CC)sc2c1CCCC2. The number of benzene rings is 1. The van der Waals surface area contributed by atoms with Crippen molar-refractivity contribution in [3.8, 4) is 5.75 Å². The van der Waals surface area contributed by atoms with E-state index in [1.54, 1.807) is 13.8 Å². The van der Waals surface area contributed by atoms with Gasteiger partial charge in [0, 0.05) is 4.88 Å². The Morgan fingerprint density at radius 2 is 1.93 bits per heavy atom. The molecule has 150 valence electrons. The molecule has 0 aliphatic heterocycles. The van der Waals surface area contributed by atoms with Crippen LogP contribution in [0.3, 0.4) is 0 Å². The first-order valence-electron chi connectivity index (χ1n) is 9.92. The van der Waals surface area contributed by atoms with E-state index >= 15 is 0 Å². The van der Waals surface area contributed by atoms with Crippen LogP contribution in [-0.2, 0) is 28.8 Å². The maximum Gasteiger partial charge on any atom is 0.341 e. The van der Waals surface area contributed by atoms with Gasteiger partial charge in [-0.15, -0.1) is 11.3 Å². The number of hydrogen-bond acceptors (Lipinski definition) is 5. The average Bonchev–Trinajstić information content (AvgIpc) is 3.06. The van der Waals surface area contributed by atoms with Gasteiger partial charge in [0.1, 0.15) is 10.8 Å². The van der Waals surface area contributed by atoms with Crippen LogP contribution < -0.4 is 10.1 Å². The molecule has 1 atom stereocenters. The molecule has 1 amide bonds. The zero-order valence-electron chi connectivity index (χ0n) is 16.7. The van der Waals surface area contributed by atoms with Gasteiger partial charge in [-0.05, 0) is 63.1 Å². The summed E-state index contributed by atoms with van der Waals surface area (Å²) in [5.41, 5.74) is 2.62. The summed E-state index contributed by atoms with van der Waals surface area (Å²) in [5.74, 6) is 0.0842. The van der Waals surface area contributed by atoms with Crippen LogP contribution in [0.25, 0.3) is 0 Å². The van der Waals surface area contributed by atoms with Crippen molar-refractivity contribution in [3.63, 3.8) is 0 Å². The number of ether oxygens (including phenoxy) is 2. The fourth-order valence-corrected chi connectivity index (χ4v) is 4.72. The zero-order valence-corrected chi connectivity index (χ0v) is 17.5. The van der Waals surface area contributed by atoms with Gasteiger partial charge in [0.15, 0.2) is 6.10 Å². The fraction of sp³-hybridized carbons (Fsp3) is 0.455. The van der Waals surface area contributed by atoms with Gasteiger partial charge in [-0.1, -0.05) is 25.1 Å². The van der Waals surface area contributed by atoms with Crippen LogP contribution in [0.5, 0.6) is 5.75 Å². The lowest BCUT2D eigenvalue weighted by Crippen LogP contribution is -2.30. The molecule has 1 aromatic heterocycles. The Hall–Kier alpha value is -2.34. The van der Waals surface area contributed by atoms with E-state index in [0.717, 1.165) is 43.2 Å². The molecule has 0 bridgehead atoms. The quantitative estimate of drug-likeness (QED) is 0.679. The maximum atomic E-state index is 12.8. The molecule has 1 unspecified atom stereocenters. The number of carbonyl (C=O) groups excluding carboxylic acids is 2. The standard InChI is InChI=1S/C22H27NO4S/c1-4-15-10-6-8-12-17(15)27-14(3)20(24)23-21-19(22(25)26-5-2)16-11-7-9-13-18(16)28-21/h6,8,10,12,14H,4-5,7,9,11,13H2,1-3H3,(H,23,24). The lowest BCUT2D eigenvalue weighted by atomic mass is 9.95. The third-order valence-electron chi connectivity index (χ3n) is 4.91. The number of nitrogens with one attached hydrogen (secondary N) is 1. The highest BCUT2D eigenvalue weighted by Crippen LogP contribution is 2.38. The lowest BCUT2D eigenvalue weighted by molar-refractivity contribution is -0.122. The third kappa shape index (κ3) is 4.38. The number of aryl methyl sites for hydroxylation is 2. The summed E-state index contributed by atoms with van der Waals surface area (Å²) in [4.78, 5) is 26.5. The minimum absolute atomic E-state index is 0.268. The van der Waals surface area contributed by atoms with Crippen molar-refractivity contribution in [1.82, 2.24) is 0 Å². The first kappa shape index (κ1) is 20.4. The molecule has 6 heteroatoms. The minimum Gasteiger partial charge on any atom is -0.481 e. The van der Waals surface area contributed by atoms with E-state index in [4.69, 9.17) is 9.47 Å². The highest BCUT2D eigenvalue weighted by Gasteiger charge is 2.28. The molecule has 0 saturated heterocycles.